The van der Waals surface area contributed by atoms with E-state index < -0.39 is 0 Å². The molecule has 0 aliphatic heterocycles. The summed E-state index contributed by atoms with van der Waals surface area (Å²) >= 11 is 0. The summed E-state index contributed by atoms with van der Waals surface area (Å²) < 4.78 is 10.4. The van der Waals surface area contributed by atoms with Crippen LogP contribution in [0.5, 0.6) is 17.2 Å². The van der Waals surface area contributed by atoms with Crippen LogP contribution in [0.15, 0.2) is 42.5 Å². The highest BCUT2D eigenvalue weighted by atomic mass is 16.5. The van der Waals surface area contributed by atoms with Crippen LogP contribution in [-0.2, 0) is 0 Å². The summed E-state index contributed by atoms with van der Waals surface area (Å²) in [5.74, 6) is 0.295. The van der Waals surface area contributed by atoms with Gasteiger partial charge in [0.2, 0.25) is 0 Å². The Morgan fingerprint density at radius 3 is 2.32 bits per heavy atom. The Balaban J connectivity index is 2.41. The lowest BCUT2D eigenvalue weighted by Gasteiger charge is -2.13. The molecule has 0 unspecified atom stereocenters. The summed E-state index contributed by atoms with van der Waals surface area (Å²) in [5, 5.41) is 10.3. The minimum Gasteiger partial charge on any atom is -0.507 e. The Hall–Kier alpha value is -2.75. The maximum atomic E-state index is 12.4. The number of hydrogen-bond acceptors (Lipinski definition) is 4. The molecule has 2 aromatic rings. The van der Waals surface area contributed by atoms with Gasteiger partial charge in [0.05, 0.1) is 14.2 Å². The van der Waals surface area contributed by atoms with E-state index in [9.17, 15) is 9.90 Å². The first kappa shape index (κ1) is 15.6. The number of benzene rings is 2. The number of ketones is 1. The number of aromatic hydroxyl groups is 1. The zero-order valence-corrected chi connectivity index (χ0v) is 12.8. The molecule has 0 amide bonds. The van der Waals surface area contributed by atoms with E-state index in [1.165, 1.54) is 20.3 Å². The quantitative estimate of drug-likeness (QED) is 0.676. The van der Waals surface area contributed by atoms with Crippen molar-refractivity contribution in [1.29, 1.82) is 0 Å². The van der Waals surface area contributed by atoms with Crippen molar-refractivity contribution in [2.24, 2.45) is 0 Å². The Morgan fingerprint density at radius 1 is 1.09 bits per heavy atom. The highest BCUT2D eigenvalue weighted by Crippen LogP contribution is 2.38. The fourth-order valence-corrected chi connectivity index (χ4v) is 2.15. The molecule has 0 heterocycles. The number of methoxy groups -OCH3 is 2. The van der Waals surface area contributed by atoms with Crippen molar-refractivity contribution in [2.45, 2.75) is 6.92 Å². The molecule has 2 rings (SSSR count). The van der Waals surface area contributed by atoms with Gasteiger partial charge in [-0.1, -0.05) is 36.4 Å². The molecule has 4 nitrogen and oxygen atoms in total. The van der Waals surface area contributed by atoms with Crippen LogP contribution in [0.1, 0.15) is 21.5 Å². The molecule has 0 aliphatic carbocycles. The van der Waals surface area contributed by atoms with Gasteiger partial charge in [-0.25, -0.2) is 0 Å². The number of phenols is 1. The lowest BCUT2D eigenvalue weighted by Crippen LogP contribution is -2.02. The van der Waals surface area contributed by atoms with Crippen molar-refractivity contribution in [3.05, 3.63) is 59.2 Å². The SMILES string of the molecule is COc1cc(OC)c(C(=O)C=Cc2ccccc2)c(O)c1C. The maximum Gasteiger partial charge on any atom is 0.193 e. The van der Waals surface area contributed by atoms with E-state index in [0.717, 1.165) is 5.56 Å². The van der Waals surface area contributed by atoms with E-state index in [4.69, 9.17) is 9.47 Å². The second kappa shape index (κ2) is 6.80. The summed E-state index contributed by atoms with van der Waals surface area (Å²) in [6, 6.07) is 11.1. The molecule has 0 bridgehead atoms. The van der Waals surface area contributed by atoms with E-state index >= 15 is 0 Å². The fourth-order valence-electron chi connectivity index (χ4n) is 2.15. The van der Waals surface area contributed by atoms with Crippen LogP contribution in [0.25, 0.3) is 6.08 Å². The fraction of sp³-hybridized carbons (Fsp3) is 0.167. The topological polar surface area (TPSA) is 55.8 Å². The van der Waals surface area contributed by atoms with Gasteiger partial charge in [0.25, 0.3) is 0 Å². The van der Waals surface area contributed by atoms with E-state index in [2.05, 4.69) is 0 Å². The molecule has 0 spiro atoms. The zero-order chi connectivity index (χ0) is 16.1. The molecular weight excluding hydrogens is 280 g/mol. The predicted octanol–water partition coefficient (Wildman–Crippen LogP) is 3.61. The van der Waals surface area contributed by atoms with E-state index in [1.54, 1.807) is 19.1 Å². The smallest absolute Gasteiger partial charge is 0.193 e. The summed E-state index contributed by atoms with van der Waals surface area (Å²) in [5.41, 5.74) is 1.53. The van der Waals surface area contributed by atoms with Crippen molar-refractivity contribution >= 4 is 11.9 Å². The van der Waals surface area contributed by atoms with Gasteiger partial charge in [-0.15, -0.1) is 0 Å². The van der Waals surface area contributed by atoms with Gasteiger partial charge in [-0.05, 0) is 18.6 Å². The van der Waals surface area contributed by atoms with Gasteiger partial charge < -0.3 is 14.6 Å². The summed E-state index contributed by atoms with van der Waals surface area (Å²) in [7, 11) is 2.94. The molecule has 0 aromatic heterocycles. The third kappa shape index (κ3) is 3.11. The molecule has 114 valence electrons. The summed E-state index contributed by atoms with van der Waals surface area (Å²) in [4.78, 5) is 12.4. The monoisotopic (exact) mass is 298 g/mol. The second-order valence-corrected chi connectivity index (χ2v) is 4.74. The normalized spacial score (nSPS) is 10.7. The van der Waals surface area contributed by atoms with Crippen LogP contribution in [0.3, 0.4) is 0 Å². The molecule has 2 aromatic carbocycles. The van der Waals surface area contributed by atoms with Gasteiger partial charge in [-0.2, -0.15) is 0 Å². The Bertz CT molecular complexity index is 703. The van der Waals surface area contributed by atoms with Gasteiger partial charge in [-0.3, -0.25) is 4.79 Å². The summed E-state index contributed by atoms with van der Waals surface area (Å²) in [6.07, 6.45) is 3.11. The van der Waals surface area contributed by atoms with Crippen molar-refractivity contribution in [3.63, 3.8) is 0 Å². The Kier molecular flexibility index (Phi) is 4.84. The lowest BCUT2D eigenvalue weighted by atomic mass is 10.0. The molecule has 0 saturated heterocycles. The number of rotatable bonds is 5. The van der Waals surface area contributed by atoms with Crippen molar-refractivity contribution in [3.8, 4) is 17.2 Å². The lowest BCUT2D eigenvalue weighted by molar-refractivity contribution is 0.104. The molecule has 0 saturated carbocycles. The Morgan fingerprint density at radius 2 is 1.73 bits per heavy atom. The number of carbonyl (C=O) groups excluding carboxylic acids is 1. The van der Waals surface area contributed by atoms with Crippen molar-refractivity contribution < 1.29 is 19.4 Å². The standard InChI is InChI=1S/C18H18O4/c1-12-15(21-2)11-16(22-3)17(18(12)20)14(19)10-9-13-7-5-4-6-8-13/h4-11,20H,1-3H3. The van der Waals surface area contributed by atoms with Crippen molar-refractivity contribution in [1.82, 2.24) is 0 Å². The number of ether oxygens (including phenoxy) is 2. The number of carbonyl (C=O) groups is 1. The van der Waals surface area contributed by atoms with Gasteiger partial charge in [0.1, 0.15) is 22.8 Å². The first-order chi connectivity index (χ1) is 10.6. The molecule has 0 aliphatic rings. The third-order valence-corrected chi connectivity index (χ3v) is 3.38. The number of allylic oxidation sites excluding steroid dienone is 1. The van der Waals surface area contributed by atoms with Crippen LogP contribution in [0.4, 0.5) is 0 Å². The van der Waals surface area contributed by atoms with Gasteiger partial charge in [0, 0.05) is 11.6 Å². The van der Waals surface area contributed by atoms with Crippen LogP contribution >= 0.6 is 0 Å². The van der Waals surface area contributed by atoms with Crippen LogP contribution in [0.2, 0.25) is 0 Å². The Labute approximate surface area is 129 Å². The molecule has 4 heteroatoms. The number of phenolic OH excluding ortho intramolecular Hbond substituents is 1. The van der Waals surface area contributed by atoms with E-state index in [0.29, 0.717) is 11.3 Å². The molecule has 0 radical (unpaired) electrons. The highest BCUT2D eigenvalue weighted by molar-refractivity contribution is 6.11. The predicted molar refractivity (Wildman–Crippen MR) is 85.8 cm³/mol. The molecule has 1 N–H and O–H groups in total. The zero-order valence-electron chi connectivity index (χ0n) is 12.8. The molecule has 0 atom stereocenters. The highest BCUT2D eigenvalue weighted by Gasteiger charge is 2.20. The number of hydrogen-bond donors (Lipinski definition) is 1. The summed E-state index contributed by atoms with van der Waals surface area (Å²) in [6.45, 7) is 1.69. The van der Waals surface area contributed by atoms with Crippen molar-refractivity contribution in [2.75, 3.05) is 14.2 Å². The second-order valence-electron chi connectivity index (χ2n) is 4.74. The minimum absolute atomic E-state index is 0.126. The third-order valence-electron chi connectivity index (χ3n) is 3.38. The van der Waals surface area contributed by atoms with E-state index in [1.807, 2.05) is 30.3 Å². The van der Waals surface area contributed by atoms with Gasteiger partial charge in [0.15, 0.2) is 5.78 Å². The maximum absolute atomic E-state index is 12.4. The average molecular weight is 298 g/mol. The largest absolute Gasteiger partial charge is 0.507 e. The molecule has 0 fully saturated rings. The molecule has 22 heavy (non-hydrogen) atoms. The van der Waals surface area contributed by atoms with Crippen LogP contribution in [0, 0.1) is 6.92 Å². The van der Waals surface area contributed by atoms with Crippen LogP contribution in [-0.4, -0.2) is 25.1 Å². The average Bonchev–Trinajstić information content (AvgIpc) is 2.55. The molecular formula is C18H18O4. The van der Waals surface area contributed by atoms with Crippen LogP contribution < -0.4 is 9.47 Å². The minimum atomic E-state index is -0.330. The first-order valence-electron chi connectivity index (χ1n) is 6.80. The van der Waals surface area contributed by atoms with Gasteiger partial charge >= 0.3 is 0 Å². The van der Waals surface area contributed by atoms with E-state index in [-0.39, 0.29) is 22.8 Å². The first-order valence-corrected chi connectivity index (χ1v) is 6.80.